The number of aryl methyl sites for hydroxylation is 1. The van der Waals surface area contributed by atoms with Crippen LogP contribution in [0.3, 0.4) is 0 Å². The molecule has 1 aliphatic heterocycles. The summed E-state index contributed by atoms with van der Waals surface area (Å²) < 4.78 is 12.1. The van der Waals surface area contributed by atoms with Crippen LogP contribution in [0, 0.1) is 6.92 Å². The summed E-state index contributed by atoms with van der Waals surface area (Å²) in [5.74, 6) is 0.815. The van der Waals surface area contributed by atoms with Crippen molar-refractivity contribution in [3.8, 4) is 11.5 Å². The molecule has 1 saturated heterocycles. The molecule has 3 rings (SSSR count). The molecule has 1 aliphatic rings. The fourth-order valence-electron chi connectivity index (χ4n) is 2.60. The number of amides is 1. The minimum absolute atomic E-state index is 0.209. The SMILES string of the molecule is CCOc1cc(/C=C2\SC(=S)NC2=O)cc(Cl)c1OCc1cccc(C)c1. The van der Waals surface area contributed by atoms with Crippen molar-refractivity contribution < 1.29 is 14.3 Å². The van der Waals surface area contributed by atoms with Gasteiger partial charge in [-0.15, -0.1) is 0 Å². The second-order valence-electron chi connectivity index (χ2n) is 5.89. The third-order valence-corrected chi connectivity index (χ3v) is 5.18. The molecule has 1 N–H and O–H groups in total. The molecule has 0 atom stereocenters. The summed E-state index contributed by atoms with van der Waals surface area (Å²) in [4.78, 5) is 12.4. The summed E-state index contributed by atoms with van der Waals surface area (Å²) in [6.45, 7) is 4.78. The largest absolute Gasteiger partial charge is 0.490 e. The van der Waals surface area contributed by atoms with Crippen molar-refractivity contribution in [3.63, 3.8) is 0 Å². The highest BCUT2D eigenvalue weighted by Gasteiger charge is 2.22. The predicted molar refractivity (Wildman–Crippen MR) is 114 cm³/mol. The molecule has 0 unspecified atom stereocenters. The maximum Gasteiger partial charge on any atom is 0.263 e. The average Bonchev–Trinajstić information content (AvgIpc) is 2.91. The Balaban J connectivity index is 1.87. The van der Waals surface area contributed by atoms with Gasteiger partial charge in [-0.1, -0.05) is 65.4 Å². The fourth-order valence-corrected chi connectivity index (χ4v) is 3.92. The lowest BCUT2D eigenvalue weighted by atomic mass is 10.1. The van der Waals surface area contributed by atoms with Crippen LogP contribution in [-0.4, -0.2) is 16.8 Å². The molecule has 0 saturated carbocycles. The van der Waals surface area contributed by atoms with E-state index in [1.807, 2.05) is 38.1 Å². The topological polar surface area (TPSA) is 47.6 Å². The lowest BCUT2D eigenvalue weighted by molar-refractivity contribution is -0.115. The van der Waals surface area contributed by atoms with Crippen LogP contribution in [0.25, 0.3) is 6.08 Å². The average molecular weight is 420 g/mol. The van der Waals surface area contributed by atoms with Gasteiger partial charge in [-0.2, -0.15) is 0 Å². The van der Waals surface area contributed by atoms with Gasteiger partial charge in [0.15, 0.2) is 11.5 Å². The molecular weight excluding hydrogens is 402 g/mol. The van der Waals surface area contributed by atoms with Crippen LogP contribution in [-0.2, 0) is 11.4 Å². The molecule has 140 valence electrons. The second kappa shape index (κ2) is 8.78. The van der Waals surface area contributed by atoms with Crippen molar-refractivity contribution in [1.29, 1.82) is 0 Å². The Hall–Kier alpha value is -2.02. The van der Waals surface area contributed by atoms with E-state index in [2.05, 4.69) is 11.4 Å². The van der Waals surface area contributed by atoms with Crippen molar-refractivity contribution >= 4 is 51.9 Å². The smallest absolute Gasteiger partial charge is 0.263 e. The van der Waals surface area contributed by atoms with E-state index in [0.717, 1.165) is 11.1 Å². The van der Waals surface area contributed by atoms with Crippen molar-refractivity contribution in [1.82, 2.24) is 5.32 Å². The van der Waals surface area contributed by atoms with Crippen molar-refractivity contribution in [2.45, 2.75) is 20.5 Å². The van der Waals surface area contributed by atoms with Gasteiger partial charge in [0, 0.05) is 0 Å². The molecule has 2 aromatic rings. The Kier molecular flexibility index (Phi) is 6.42. The highest BCUT2D eigenvalue weighted by molar-refractivity contribution is 8.26. The first-order chi connectivity index (χ1) is 13.0. The maximum atomic E-state index is 11.9. The summed E-state index contributed by atoms with van der Waals surface area (Å²) in [5, 5.41) is 3.02. The van der Waals surface area contributed by atoms with Crippen molar-refractivity contribution in [3.05, 3.63) is 63.0 Å². The van der Waals surface area contributed by atoms with Gasteiger partial charge in [-0.3, -0.25) is 4.79 Å². The molecule has 4 nitrogen and oxygen atoms in total. The number of rotatable bonds is 6. The Labute approximate surface area is 172 Å². The number of hydrogen-bond donors (Lipinski definition) is 1. The van der Waals surface area contributed by atoms with Gasteiger partial charge in [0.05, 0.1) is 16.5 Å². The third-order valence-electron chi connectivity index (χ3n) is 3.74. The molecule has 0 spiro atoms. The second-order valence-corrected chi connectivity index (χ2v) is 8.02. The number of carbonyl (C=O) groups is 1. The number of hydrogen-bond acceptors (Lipinski definition) is 5. The summed E-state index contributed by atoms with van der Waals surface area (Å²) in [6.07, 6.45) is 1.73. The molecule has 0 bridgehead atoms. The Morgan fingerprint density at radius 1 is 1.26 bits per heavy atom. The van der Waals surface area contributed by atoms with Crippen LogP contribution in [0.2, 0.25) is 5.02 Å². The van der Waals surface area contributed by atoms with Crippen LogP contribution < -0.4 is 14.8 Å². The molecule has 2 aromatic carbocycles. The normalized spacial score (nSPS) is 15.1. The van der Waals surface area contributed by atoms with Gasteiger partial charge >= 0.3 is 0 Å². The number of thioether (sulfide) groups is 1. The van der Waals surface area contributed by atoms with Crippen LogP contribution in [0.1, 0.15) is 23.6 Å². The first-order valence-electron chi connectivity index (χ1n) is 8.36. The van der Waals surface area contributed by atoms with Gasteiger partial charge in [0.2, 0.25) is 0 Å². The number of halogens is 1. The number of thiocarbonyl (C=S) groups is 1. The molecule has 1 heterocycles. The van der Waals surface area contributed by atoms with E-state index < -0.39 is 0 Å². The minimum Gasteiger partial charge on any atom is -0.490 e. The predicted octanol–water partition coefficient (Wildman–Crippen LogP) is 5.11. The van der Waals surface area contributed by atoms with Crippen LogP contribution in [0.5, 0.6) is 11.5 Å². The number of carbonyl (C=O) groups excluding carboxylic acids is 1. The summed E-state index contributed by atoms with van der Waals surface area (Å²) >= 11 is 12.7. The van der Waals surface area contributed by atoms with E-state index in [1.165, 1.54) is 17.3 Å². The quantitative estimate of drug-likeness (QED) is 0.520. The Bertz CT molecular complexity index is 927. The van der Waals surface area contributed by atoms with E-state index in [-0.39, 0.29) is 5.91 Å². The van der Waals surface area contributed by atoms with Gasteiger partial charge in [0.1, 0.15) is 10.9 Å². The van der Waals surface area contributed by atoms with Crippen molar-refractivity contribution in [2.75, 3.05) is 6.61 Å². The van der Waals surface area contributed by atoms with Crippen LogP contribution >= 0.6 is 35.6 Å². The highest BCUT2D eigenvalue weighted by Crippen LogP contribution is 2.38. The number of ether oxygens (including phenoxy) is 2. The van der Waals surface area contributed by atoms with Crippen molar-refractivity contribution in [2.24, 2.45) is 0 Å². The standard InChI is InChI=1S/C20H18ClNO3S2/c1-3-24-16-9-14(10-17-19(23)22-20(26)27-17)8-15(21)18(16)25-11-13-6-4-5-12(2)7-13/h4-10H,3,11H2,1-2H3,(H,22,23,26)/b17-10-. The lowest BCUT2D eigenvalue weighted by Crippen LogP contribution is -2.17. The summed E-state index contributed by atoms with van der Waals surface area (Å²) in [7, 11) is 0. The zero-order valence-electron chi connectivity index (χ0n) is 14.9. The minimum atomic E-state index is -0.209. The molecule has 0 aliphatic carbocycles. The molecule has 0 aromatic heterocycles. The molecular formula is C20H18ClNO3S2. The molecule has 7 heteroatoms. The zero-order valence-corrected chi connectivity index (χ0v) is 17.3. The monoisotopic (exact) mass is 419 g/mol. The van der Waals surface area contributed by atoms with Gasteiger partial charge in [-0.05, 0) is 43.2 Å². The Morgan fingerprint density at radius 3 is 2.74 bits per heavy atom. The highest BCUT2D eigenvalue weighted by atomic mass is 35.5. The van der Waals surface area contributed by atoms with E-state index in [4.69, 9.17) is 33.3 Å². The van der Waals surface area contributed by atoms with Gasteiger partial charge < -0.3 is 14.8 Å². The molecule has 1 amide bonds. The zero-order chi connectivity index (χ0) is 19.4. The fraction of sp³-hybridized carbons (Fsp3) is 0.200. The van der Waals surface area contributed by atoms with Gasteiger partial charge in [0.25, 0.3) is 5.91 Å². The van der Waals surface area contributed by atoms with E-state index in [9.17, 15) is 4.79 Å². The third kappa shape index (κ3) is 5.03. The number of nitrogens with one attached hydrogen (secondary N) is 1. The van der Waals surface area contributed by atoms with Gasteiger partial charge in [-0.25, -0.2) is 0 Å². The van der Waals surface area contributed by atoms with E-state index >= 15 is 0 Å². The lowest BCUT2D eigenvalue weighted by Gasteiger charge is -2.15. The van der Waals surface area contributed by atoms with E-state index in [1.54, 1.807) is 12.1 Å². The Morgan fingerprint density at radius 2 is 2.07 bits per heavy atom. The number of benzene rings is 2. The molecule has 27 heavy (non-hydrogen) atoms. The maximum absolute atomic E-state index is 11.9. The van der Waals surface area contributed by atoms with Crippen LogP contribution in [0.4, 0.5) is 0 Å². The first-order valence-corrected chi connectivity index (χ1v) is 9.96. The molecule has 1 fully saturated rings. The first kappa shape index (κ1) is 19.7. The van der Waals surface area contributed by atoms with Crippen LogP contribution in [0.15, 0.2) is 41.3 Å². The summed E-state index contributed by atoms with van der Waals surface area (Å²) in [5.41, 5.74) is 2.96. The van der Waals surface area contributed by atoms with E-state index in [0.29, 0.717) is 39.0 Å². The molecule has 0 radical (unpaired) electrons. The summed E-state index contributed by atoms with van der Waals surface area (Å²) in [6, 6.07) is 11.6.